The van der Waals surface area contributed by atoms with Gasteiger partial charge in [0.25, 0.3) is 11.6 Å². The summed E-state index contributed by atoms with van der Waals surface area (Å²) in [5.41, 5.74) is 0.275. The van der Waals surface area contributed by atoms with Crippen LogP contribution < -0.4 is 9.47 Å². The molecule has 10 heteroatoms. The van der Waals surface area contributed by atoms with Crippen molar-refractivity contribution >= 4 is 11.7 Å². The lowest BCUT2D eigenvalue weighted by atomic mass is 10.2. The lowest BCUT2D eigenvalue weighted by molar-refractivity contribution is -0.384. The smallest absolute Gasteiger partial charge is 0.342 e. The number of aromatic nitrogens is 2. The van der Waals surface area contributed by atoms with E-state index >= 15 is 0 Å². The molecule has 1 heterocycles. The molecule has 0 saturated heterocycles. The second kappa shape index (κ2) is 8.16. The maximum atomic E-state index is 12.3. The number of methoxy groups -OCH3 is 2. The summed E-state index contributed by atoms with van der Waals surface area (Å²) < 4.78 is 20.5. The summed E-state index contributed by atoms with van der Waals surface area (Å²) in [5.74, 6) is 0.219. The molecular weight excluding hydrogens is 370 g/mol. The highest BCUT2D eigenvalue weighted by Crippen LogP contribution is 2.28. The Balaban J connectivity index is 1.75. The zero-order valence-corrected chi connectivity index (χ0v) is 14.9. The lowest BCUT2D eigenvalue weighted by Crippen LogP contribution is -2.08. The van der Waals surface area contributed by atoms with Crippen LogP contribution in [-0.2, 0) is 11.3 Å². The van der Waals surface area contributed by atoms with Crippen LogP contribution in [0.3, 0.4) is 0 Å². The van der Waals surface area contributed by atoms with Gasteiger partial charge in [0.2, 0.25) is 5.82 Å². The van der Waals surface area contributed by atoms with Gasteiger partial charge in [-0.1, -0.05) is 17.3 Å². The first-order chi connectivity index (χ1) is 13.5. The first-order valence-corrected chi connectivity index (χ1v) is 7.99. The topological polar surface area (TPSA) is 127 Å². The van der Waals surface area contributed by atoms with E-state index in [0.717, 1.165) is 6.07 Å². The molecule has 0 N–H and O–H groups in total. The number of non-ortho nitro benzene ring substituents is 1. The average molecular weight is 385 g/mol. The van der Waals surface area contributed by atoms with Crippen LogP contribution in [0.1, 0.15) is 16.2 Å². The van der Waals surface area contributed by atoms with Gasteiger partial charge >= 0.3 is 5.97 Å². The highest BCUT2D eigenvalue weighted by Gasteiger charge is 2.20. The number of carbonyl (C=O) groups excluding carboxylic acids is 1. The SMILES string of the molecule is COc1ccc([N+](=O)[O-])cc1C(=O)OCc1nc(-c2ccccc2OC)no1. The Morgan fingerprint density at radius 1 is 1.14 bits per heavy atom. The number of hydrogen-bond acceptors (Lipinski definition) is 9. The second-order valence-electron chi connectivity index (χ2n) is 5.43. The third kappa shape index (κ3) is 3.90. The molecule has 1 aromatic heterocycles. The third-order valence-corrected chi connectivity index (χ3v) is 3.76. The fraction of sp³-hybridized carbons (Fsp3) is 0.167. The first kappa shape index (κ1) is 18.8. The summed E-state index contributed by atoms with van der Waals surface area (Å²) in [5, 5.41) is 14.8. The third-order valence-electron chi connectivity index (χ3n) is 3.76. The number of para-hydroxylation sites is 1. The van der Waals surface area contributed by atoms with Crippen LogP contribution >= 0.6 is 0 Å². The fourth-order valence-corrected chi connectivity index (χ4v) is 2.43. The molecule has 0 spiro atoms. The van der Waals surface area contributed by atoms with Crippen molar-refractivity contribution in [1.82, 2.24) is 10.1 Å². The number of ether oxygens (including phenoxy) is 3. The number of nitro benzene ring substituents is 1. The molecule has 0 aliphatic carbocycles. The van der Waals surface area contributed by atoms with Crippen LogP contribution in [0.15, 0.2) is 47.0 Å². The van der Waals surface area contributed by atoms with Crippen LogP contribution in [0.2, 0.25) is 0 Å². The Morgan fingerprint density at radius 2 is 1.89 bits per heavy atom. The van der Waals surface area contributed by atoms with Gasteiger partial charge in [-0.15, -0.1) is 0 Å². The number of nitro groups is 1. The fourth-order valence-electron chi connectivity index (χ4n) is 2.43. The van der Waals surface area contributed by atoms with E-state index in [1.807, 2.05) is 0 Å². The maximum Gasteiger partial charge on any atom is 0.342 e. The first-order valence-electron chi connectivity index (χ1n) is 7.99. The van der Waals surface area contributed by atoms with Crippen LogP contribution in [0.5, 0.6) is 11.5 Å². The molecular formula is C18H15N3O7. The number of rotatable bonds is 7. The number of carbonyl (C=O) groups is 1. The molecule has 10 nitrogen and oxygen atoms in total. The quantitative estimate of drug-likeness (QED) is 0.342. The highest BCUT2D eigenvalue weighted by molar-refractivity contribution is 5.93. The summed E-state index contributed by atoms with van der Waals surface area (Å²) in [6.07, 6.45) is 0. The van der Waals surface area contributed by atoms with E-state index in [4.69, 9.17) is 18.7 Å². The van der Waals surface area contributed by atoms with E-state index in [9.17, 15) is 14.9 Å². The van der Waals surface area contributed by atoms with E-state index in [1.54, 1.807) is 24.3 Å². The van der Waals surface area contributed by atoms with E-state index in [2.05, 4.69) is 10.1 Å². The Bertz CT molecular complexity index is 1020. The minimum absolute atomic E-state index is 0.0543. The molecule has 2 aromatic carbocycles. The Kier molecular flexibility index (Phi) is 5.49. The standard InChI is InChI=1S/C18H15N3O7/c1-25-14-6-4-3-5-12(14)17-19-16(28-20-17)10-27-18(22)13-9-11(21(23)24)7-8-15(13)26-2/h3-9H,10H2,1-2H3. The minimum atomic E-state index is -0.822. The van der Waals surface area contributed by atoms with E-state index in [-0.39, 0.29) is 35.3 Å². The van der Waals surface area contributed by atoms with Crippen molar-refractivity contribution < 1.29 is 28.5 Å². The molecule has 0 atom stereocenters. The van der Waals surface area contributed by atoms with Crippen LogP contribution in [0.25, 0.3) is 11.4 Å². The molecule has 0 aliphatic rings. The summed E-state index contributed by atoms with van der Waals surface area (Å²) in [7, 11) is 2.86. The van der Waals surface area contributed by atoms with Gasteiger partial charge in [-0.2, -0.15) is 4.98 Å². The van der Waals surface area contributed by atoms with Crippen LogP contribution in [-0.4, -0.2) is 35.3 Å². The Labute approximate surface area is 158 Å². The number of nitrogens with zero attached hydrogens (tertiary/aromatic N) is 3. The lowest BCUT2D eigenvalue weighted by Gasteiger charge is -2.07. The molecule has 0 aliphatic heterocycles. The molecule has 144 valence electrons. The molecule has 0 bridgehead atoms. The minimum Gasteiger partial charge on any atom is -0.496 e. The predicted octanol–water partition coefficient (Wildman–Crippen LogP) is 3.02. The average Bonchev–Trinajstić information content (AvgIpc) is 3.20. The summed E-state index contributed by atoms with van der Waals surface area (Å²) in [6.45, 7) is -0.313. The number of benzene rings is 2. The van der Waals surface area contributed by atoms with Gasteiger partial charge in [-0.3, -0.25) is 10.1 Å². The Hall–Kier alpha value is -3.95. The van der Waals surface area contributed by atoms with Gasteiger partial charge in [0, 0.05) is 12.1 Å². The van der Waals surface area contributed by atoms with Gasteiger partial charge < -0.3 is 18.7 Å². The monoisotopic (exact) mass is 385 g/mol. The zero-order chi connectivity index (χ0) is 20.1. The van der Waals surface area contributed by atoms with Gasteiger partial charge in [-0.05, 0) is 18.2 Å². The van der Waals surface area contributed by atoms with Crippen LogP contribution in [0, 0.1) is 10.1 Å². The van der Waals surface area contributed by atoms with Crippen molar-refractivity contribution in [3.63, 3.8) is 0 Å². The molecule has 0 fully saturated rings. The van der Waals surface area contributed by atoms with Gasteiger partial charge in [0.05, 0.1) is 24.7 Å². The van der Waals surface area contributed by atoms with Crippen molar-refractivity contribution in [3.05, 3.63) is 64.0 Å². The van der Waals surface area contributed by atoms with Gasteiger partial charge in [-0.25, -0.2) is 4.79 Å². The van der Waals surface area contributed by atoms with Crippen molar-refractivity contribution in [2.45, 2.75) is 6.61 Å². The molecule has 0 unspecified atom stereocenters. The summed E-state index contributed by atoms with van der Waals surface area (Å²) in [4.78, 5) is 26.8. The Morgan fingerprint density at radius 3 is 2.61 bits per heavy atom. The van der Waals surface area contributed by atoms with E-state index < -0.39 is 10.9 Å². The molecule has 3 rings (SSSR count). The van der Waals surface area contributed by atoms with E-state index in [0.29, 0.717) is 11.3 Å². The van der Waals surface area contributed by atoms with Crippen molar-refractivity contribution in [2.24, 2.45) is 0 Å². The zero-order valence-electron chi connectivity index (χ0n) is 14.9. The van der Waals surface area contributed by atoms with E-state index in [1.165, 1.54) is 26.4 Å². The largest absolute Gasteiger partial charge is 0.496 e. The van der Waals surface area contributed by atoms with Crippen LogP contribution in [0.4, 0.5) is 5.69 Å². The maximum absolute atomic E-state index is 12.3. The molecule has 3 aromatic rings. The predicted molar refractivity (Wildman–Crippen MR) is 95.1 cm³/mol. The second-order valence-corrected chi connectivity index (χ2v) is 5.43. The number of hydrogen-bond donors (Lipinski definition) is 0. The van der Waals surface area contributed by atoms with Gasteiger partial charge in [0.1, 0.15) is 17.1 Å². The van der Waals surface area contributed by atoms with Crippen molar-refractivity contribution in [2.75, 3.05) is 14.2 Å². The molecule has 0 radical (unpaired) electrons. The number of esters is 1. The molecule has 0 saturated carbocycles. The summed E-state index contributed by atoms with van der Waals surface area (Å²) in [6, 6.07) is 10.7. The normalized spacial score (nSPS) is 10.4. The van der Waals surface area contributed by atoms with Crippen molar-refractivity contribution in [3.8, 4) is 22.9 Å². The molecule has 0 amide bonds. The molecule has 28 heavy (non-hydrogen) atoms. The summed E-state index contributed by atoms with van der Waals surface area (Å²) >= 11 is 0. The highest BCUT2D eigenvalue weighted by atomic mass is 16.6. The van der Waals surface area contributed by atoms with Gasteiger partial charge in [0.15, 0.2) is 6.61 Å². The van der Waals surface area contributed by atoms with Crippen molar-refractivity contribution in [1.29, 1.82) is 0 Å².